The van der Waals surface area contributed by atoms with Crippen LogP contribution in [0.2, 0.25) is 0 Å². The fourth-order valence-corrected chi connectivity index (χ4v) is 2.05. The molecule has 1 aromatic rings. The molecule has 0 saturated heterocycles. The van der Waals surface area contributed by atoms with Crippen LogP contribution < -0.4 is 4.74 Å². The summed E-state index contributed by atoms with van der Waals surface area (Å²) >= 11 is 0. The molecule has 0 aliphatic rings. The number of likely N-dealkylation sites (N-methyl/N-ethyl adjacent to an activating group) is 1. The van der Waals surface area contributed by atoms with Crippen LogP contribution in [-0.2, 0) is 14.6 Å². The Morgan fingerprint density at radius 3 is 2.75 bits per heavy atom. The van der Waals surface area contributed by atoms with E-state index >= 15 is 0 Å². The summed E-state index contributed by atoms with van der Waals surface area (Å²) < 4.78 is 28.0. The molecule has 0 aliphatic heterocycles. The summed E-state index contributed by atoms with van der Waals surface area (Å²) in [6.07, 6.45) is 1.36. The number of hydrogen-bond acceptors (Lipinski definition) is 5. The van der Waals surface area contributed by atoms with Crippen LogP contribution in [0, 0.1) is 11.3 Å². The topological polar surface area (TPSA) is 87.5 Å². The molecule has 0 aromatic heterocycles. The van der Waals surface area contributed by atoms with Gasteiger partial charge < -0.3 is 9.64 Å². The first-order valence-electron chi connectivity index (χ1n) is 5.88. The number of hydrogen-bond donors (Lipinski definition) is 0. The van der Waals surface area contributed by atoms with E-state index in [4.69, 9.17) is 10.00 Å². The third-order valence-electron chi connectivity index (χ3n) is 2.58. The van der Waals surface area contributed by atoms with Crippen molar-refractivity contribution in [3.8, 4) is 11.8 Å². The van der Waals surface area contributed by atoms with E-state index in [2.05, 4.69) is 0 Å². The van der Waals surface area contributed by atoms with Gasteiger partial charge in [0.05, 0.1) is 17.4 Å². The fourth-order valence-electron chi connectivity index (χ4n) is 1.39. The van der Waals surface area contributed by atoms with Gasteiger partial charge in [-0.05, 0) is 18.2 Å². The minimum atomic E-state index is -3.30. The second-order valence-electron chi connectivity index (χ2n) is 4.26. The van der Waals surface area contributed by atoms with Crippen molar-refractivity contribution in [3.05, 3.63) is 24.3 Å². The molecule has 1 rings (SSSR count). The number of benzene rings is 1. The van der Waals surface area contributed by atoms with Gasteiger partial charge in [0.25, 0.3) is 5.91 Å². The largest absolute Gasteiger partial charge is 0.484 e. The van der Waals surface area contributed by atoms with Gasteiger partial charge in [0.2, 0.25) is 0 Å². The molecular formula is C13H16N2O4S. The van der Waals surface area contributed by atoms with E-state index in [-0.39, 0.29) is 23.8 Å². The predicted octanol–water partition coefficient (Wildman–Crippen LogP) is 0.841. The van der Waals surface area contributed by atoms with Crippen molar-refractivity contribution in [2.24, 2.45) is 0 Å². The van der Waals surface area contributed by atoms with Gasteiger partial charge in [0, 0.05) is 19.8 Å². The standard InChI is InChI=1S/C13H16N2O4S/c1-15(8-4-7-14)13(16)10-19-11-5-3-6-12(9-11)20(2,17)18/h3,5-6,9H,4,8,10H2,1-2H3. The average Bonchev–Trinajstić information content (AvgIpc) is 2.41. The van der Waals surface area contributed by atoms with E-state index in [9.17, 15) is 13.2 Å². The first-order valence-corrected chi connectivity index (χ1v) is 7.77. The molecule has 0 aliphatic carbocycles. The van der Waals surface area contributed by atoms with Crippen molar-refractivity contribution >= 4 is 15.7 Å². The number of nitrogens with zero attached hydrogens (tertiary/aromatic N) is 2. The number of sulfone groups is 1. The quantitative estimate of drug-likeness (QED) is 0.776. The predicted molar refractivity (Wildman–Crippen MR) is 72.9 cm³/mol. The summed E-state index contributed by atoms with van der Waals surface area (Å²) in [7, 11) is -1.72. The SMILES string of the molecule is CN(CCC#N)C(=O)COc1cccc(S(C)(=O)=O)c1. The highest BCUT2D eigenvalue weighted by molar-refractivity contribution is 7.90. The lowest BCUT2D eigenvalue weighted by Gasteiger charge is -2.15. The minimum Gasteiger partial charge on any atom is -0.484 e. The van der Waals surface area contributed by atoms with E-state index in [1.165, 1.54) is 17.0 Å². The summed E-state index contributed by atoms with van der Waals surface area (Å²) in [5.74, 6) is 0.0416. The highest BCUT2D eigenvalue weighted by Gasteiger charge is 2.11. The molecule has 0 heterocycles. The second kappa shape index (κ2) is 6.91. The zero-order valence-electron chi connectivity index (χ0n) is 11.4. The van der Waals surface area contributed by atoms with Crippen LogP contribution in [0.3, 0.4) is 0 Å². The first kappa shape index (κ1) is 16.0. The monoisotopic (exact) mass is 296 g/mol. The van der Waals surface area contributed by atoms with E-state index < -0.39 is 9.84 Å². The molecular weight excluding hydrogens is 280 g/mol. The van der Waals surface area contributed by atoms with Crippen LogP contribution in [0.15, 0.2) is 29.2 Å². The maximum absolute atomic E-state index is 11.7. The fraction of sp³-hybridized carbons (Fsp3) is 0.385. The van der Waals surface area contributed by atoms with E-state index in [1.807, 2.05) is 6.07 Å². The van der Waals surface area contributed by atoms with Crippen molar-refractivity contribution in [1.29, 1.82) is 5.26 Å². The Labute approximate surface area is 118 Å². The number of carbonyl (C=O) groups excluding carboxylic acids is 1. The third-order valence-corrected chi connectivity index (χ3v) is 3.69. The van der Waals surface area contributed by atoms with Crippen LogP contribution in [-0.4, -0.2) is 45.7 Å². The van der Waals surface area contributed by atoms with E-state index in [0.29, 0.717) is 12.3 Å². The van der Waals surface area contributed by atoms with Gasteiger partial charge in [-0.1, -0.05) is 6.07 Å². The van der Waals surface area contributed by atoms with Crippen LogP contribution in [0.1, 0.15) is 6.42 Å². The Balaban J connectivity index is 2.63. The summed E-state index contributed by atoms with van der Waals surface area (Å²) in [4.78, 5) is 13.2. The maximum atomic E-state index is 11.7. The molecule has 0 radical (unpaired) electrons. The van der Waals surface area contributed by atoms with Gasteiger partial charge in [0.15, 0.2) is 16.4 Å². The number of ether oxygens (including phenoxy) is 1. The van der Waals surface area contributed by atoms with Gasteiger partial charge in [-0.15, -0.1) is 0 Å². The van der Waals surface area contributed by atoms with Gasteiger partial charge in [-0.25, -0.2) is 8.42 Å². The van der Waals surface area contributed by atoms with E-state index in [1.54, 1.807) is 19.2 Å². The molecule has 0 saturated carbocycles. The molecule has 6 nitrogen and oxygen atoms in total. The zero-order chi connectivity index (χ0) is 15.2. The third kappa shape index (κ3) is 4.90. The molecule has 1 amide bonds. The van der Waals surface area contributed by atoms with Crippen LogP contribution >= 0.6 is 0 Å². The smallest absolute Gasteiger partial charge is 0.260 e. The number of nitriles is 1. The highest BCUT2D eigenvalue weighted by atomic mass is 32.2. The second-order valence-corrected chi connectivity index (χ2v) is 6.27. The summed E-state index contributed by atoms with van der Waals surface area (Å²) in [6, 6.07) is 7.92. The van der Waals surface area contributed by atoms with Crippen LogP contribution in [0.25, 0.3) is 0 Å². The van der Waals surface area contributed by atoms with Gasteiger partial charge in [-0.2, -0.15) is 5.26 Å². The summed E-state index contributed by atoms with van der Waals surface area (Å²) in [5.41, 5.74) is 0. The number of amides is 1. The number of carbonyl (C=O) groups is 1. The molecule has 108 valence electrons. The average molecular weight is 296 g/mol. The summed E-state index contributed by atoms with van der Waals surface area (Å²) in [6.45, 7) is 0.136. The molecule has 0 unspecified atom stereocenters. The Morgan fingerprint density at radius 2 is 2.15 bits per heavy atom. The Morgan fingerprint density at radius 1 is 1.45 bits per heavy atom. The van der Waals surface area contributed by atoms with Crippen LogP contribution in [0.5, 0.6) is 5.75 Å². The van der Waals surface area contributed by atoms with Crippen molar-refractivity contribution in [1.82, 2.24) is 4.90 Å². The van der Waals surface area contributed by atoms with Gasteiger partial charge in [-0.3, -0.25) is 4.79 Å². The zero-order valence-corrected chi connectivity index (χ0v) is 12.2. The Hall–Kier alpha value is -2.07. The first-order chi connectivity index (χ1) is 9.34. The molecule has 0 fully saturated rings. The molecule has 0 bridgehead atoms. The number of rotatable bonds is 6. The maximum Gasteiger partial charge on any atom is 0.260 e. The summed E-state index contributed by atoms with van der Waals surface area (Å²) in [5, 5.41) is 8.44. The van der Waals surface area contributed by atoms with Crippen molar-refractivity contribution in [3.63, 3.8) is 0 Å². The van der Waals surface area contributed by atoms with Crippen LogP contribution in [0.4, 0.5) is 0 Å². The lowest BCUT2D eigenvalue weighted by molar-refractivity contribution is -0.131. The van der Waals surface area contributed by atoms with Gasteiger partial charge >= 0.3 is 0 Å². The van der Waals surface area contributed by atoms with Gasteiger partial charge in [0.1, 0.15) is 5.75 Å². The molecule has 0 N–H and O–H groups in total. The Bertz CT molecular complexity index is 620. The van der Waals surface area contributed by atoms with Crippen molar-refractivity contribution in [2.75, 3.05) is 26.5 Å². The normalized spacial score (nSPS) is 10.7. The lowest BCUT2D eigenvalue weighted by Crippen LogP contribution is -2.32. The van der Waals surface area contributed by atoms with Crippen molar-refractivity contribution in [2.45, 2.75) is 11.3 Å². The Kier molecular flexibility index (Phi) is 5.53. The minimum absolute atomic E-state index is 0.139. The van der Waals surface area contributed by atoms with Crippen molar-refractivity contribution < 1.29 is 17.9 Å². The molecule has 20 heavy (non-hydrogen) atoms. The molecule has 0 spiro atoms. The molecule has 1 aromatic carbocycles. The molecule has 0 atom stereocenters. The lowest BCUT2D eigenvalue weighted by atomic mass is 10.3. The molecule has 7 heteroatoms. The van der Waals surface area contributed by atoms with E-state index in [0.717, 1.165) is 6.26 Å². The highest BCUT2D eigenvalue weighted by Crippen LogP contribution is 2.17.